The van der Waals surface area contributed by atoms with Crippen LogP contribution in [0.15, 0.2) is 12.7 Å². The van der Waals surface area contributed by atoms with E-state index in [1.165, 1.54) is 12.8 Å². The lowest BCUT2D eigenvalue weighted by molar-refractivity contribution is 0.201. The van der Waals surface area contributed by atoms with Gasteiger partial charge in [0.15, 0.2) is 0 Å². The first-order valence-corrected chi connectivity index (χ1v) is 4.82. The fourth-order valence-electron chi connectivity index (χ4n) is 2.00. The molecule has 1 aliphatic heterocycles. The lowest BCUT2D eigenvalue weighted by atomic mass is 9.83. The van der Waals surface area contributed by atoms with E-state index in [4.69, 9.17) is 0 Å². The molecular weight excluding hydrogens is 164 g/mol. The molecule has 1 aromatic heterocycles. The Morgan fingerprint density at radius 1 is 1.46 bits per heavy atom. The molecule has 1 aromatic rings. The first-order chi connectivity index (χ1) is 6.29. The molecule has 0 bridgehead atoms. The van der Waals surface area contributed by atoms with Crippen molar-refractivity contribution in [3.8, 4) is 0 Å². The van der Waals surface area contributed by atoms with Gasteiger partial charge in [0.05, 0.1) is 0 Å². The van der Waals surface area contributed by atoms with Crippen molar-refractivity contribution in [1.29, 1.82) is 0 Å². The Labute approximate surface area is 78.4 Å². The van der Waals surface area contributed by atoms with E-state index in [-0.39, 0.29) is 0 Å². The molecule has 2 rings (SSSR count). The minimum atomic E-state index is 0.376. The predicted octanol–water partition coefficient (Wildman–Crippen LogP) is 0.668. The molecule has 13 heavy (non-hydrogen) atoms. The second kappa shape index (κ2) is 3.46. The number of hydrogen-bond acceptors (Lipinski definition) is 3. The molecular formula is C9H16N4. The number of hydrogen-bond donors (Lipinski definition) is 1. The minimum absolute atomic E-state index is 0.376. The molecule has 1 saturated heterocycles. The maximum absolute atomic E-state index is 3.81. The molecule has 1 aliphatic rings. The average molecular weight is 180 g/mol. The summed E-state index contributed by atoms with van der Waals surface area (Å²) in [5.41, 5.74) is 0.376. The molecule has 72 valence electrons. The Bertz CT molecular complexity index is 249. The van der Waals surface area contributed by atoms with Crippen molar-refractivity contribution in [3.63, 3.8) is 0 Å². The normalized spacial score (nSPS) is 29.0. The molecule has 1 atom stereocenters. The van der Waals surface area contributed by atoms with Gasteiger partial charge in [0.25, 0.3) is 0 Å². The third-order valence-corrected chi connectivity index (χ3v) is 2.72. The second-order valence-corrected chi connectivity index (χ2v) is 4.23. The van der Waals surface area contributed by atoms with E-state index in [1.807, 2.05) is 0 Å². The largest absolute Gasteiger partial charge is 0.320 e. The number of piperidine rings is 1. The van der Waals surface area contributed by atoms with Gasteiger partial charge in [-0.3, -0.25) is 0 Å². The summed E-state index contributed by atoms with van der Waals surface area (Å²) in [4.78, 5) is 0. The van der Waals surface area contributed by atoms with E-state index in [9.17, 15) is 0 Å². The van der Waals surface area contributed by atoms with Crippen LogP contribution in [-0.2, 0) is 6.54 Å². The number of nitrogens with one attached hydrogen (secondary N) is 1. The van der Waals surface area contributed by atoms with Crippen LogP contribution in [0.2, 0.25) is 0 Å². The zero-order valence-corrected chi connectivity index (χ0v) is 8.03. The number of rotatable bonds is 2. The topological polar surface area (TPSA) is 42.7 Å². The fraction of sp³-hybridized carbons (Fsp3) is 0.778. The van der Waals surface area contributed by atoms with Crippen LogP contribution in [0.5, 0.6) is 0 Å². The summed E-state index contributed by atoms with van der Waals surface area (Å²) in [6.45, 7) is 5.61. The van der Waals surface area contributed by atoms with Crippen molar-refractivity contribution in [3.05, 3.63) is 12.7 Å². The van der Waals surface area contributed by atoms with Gasteiger partial charge in [0, 0.05) is 13.1 Å². The molecule has 2 heterocycles. The quantitative estimate of drug-likeness (QED) is 0.727. The van der Waals surface area contributed by atoms with Gasteiger partial charge in [-0.2, -0.15) is 0 Å². The minimum Gasteiger partial charge on any atom is -0.320 e. The maximum Gasteiger partial charge on any atom is 0.119 e. The van der Waals surface area contributed by atoms with Crippen molar-refractivity contribution in [2.75, 3.05) is 13.1 Å². The summed E-state index contributed by atoms with van der Waals surface area (Å²) in [5, 5.41) is 11.1. The SMILES string of the molecule is CC1(Cn2cnnc2)CCCNC1. The number of nitrogens with zero attached hydrogens (tertiary/aromatic N) is 3. The Morgan fingerprint density at radius 2 is 2.23 bits per heavy atom. The van der Waals surface area contributed by atoms with Crippen LogP contribution in [-0.4, -0.2) is 27.9 Å². The molecule has 1 N–H and O–H groups in total. The molecule has 0 aromatic carbocycles. The van der Waals surface area contributed by atoms with Crippen LogP contribution >= 0.6 is 0 Å². The standard InChI is InChI=1S/C9H16N4/c1-9(3-2-4-10-5-9)6-13-7-11-12-8-13/h7-8,10H,2-6H2,1H3. The zero-order chi connectivity index (χ0) is 9.15. The highest BCUT2D eigenvalue weighted by atomic mass is 15.2. The molecule has 1 unspecified atom stereocenters. The van der Waals surface area contributed by atoms with E-state index in [2.05, 4.69) is 27.0 Å². The van der Waals surface area contributed by atoms with Crippen molar-refractivity contribution >= 4 is 0 Å². The van der Waals surface area contributed by atoms with Gasteiger partial charge < -0.3 is 9.88 Å². The molecule has 0 amide bonds. The van der Waals surface area contributed by atoms with Crippen LogP contribution in [0.1, 0.15) is 19.8 Å². The van der Waals surface area contributed by atoms with E-state index < -0.39 is 0 Å². The molecule has 1 fully saturated rings. The highest BCUT2D eigenvalue weighted by Crippen LogP contribution is 2.26. The zero-order valence-electron chi connectivity index (χ0n) is 8.03. The summed E-state index contributed by atoms with van der Waals surface area (Å²) < 4.78 is 2.06. The van der Waals surface area contributed by atoms with Crippen molar-refractivity contribution in [1.82, 2.24) is 20.1 Å². The second-order valence-electron chi connectivity index (χ2n) is 4.23. The van der Waals surface area contributed by atoms with Gasteiger partial charge in [0.2, 0.25) is 0 Å². The van der Waals surface area contributed by atoms with Crippen LogP contribution in [0.3, 0.4) is 0 Å². The highest BCUT2D eigenvalue weighted by molar-refractivity contribution is 4.82. The Hall–Kier alpha value is -0.900. The molecule has 0 aliphatic carbocycles. The highest BCUT2D eigenvalue weighted by Gasteiger charge is 2.26. The van der Waals surface area contributed by atoms with Gasteiger partial charge in [-0.15, -0.1) is 10.2 Å². The van der Waals surface area contributed by atoms with Crippen LogP contribution in [0.4, 0.5) is 0 Å². The summed E-state index contributed by atoms with van der Waals surface area (Å²) in [5.74, 6) is 0. The van der Waals surface area contributed by atoms with Gasteiger partial charge in [-0.1, -0.05) is 6.92 Å². The molecule has 0 spiro atoms. The van der Waals surface area contributed by atoms with E-state index in [1.54, 1.807) is 12.7 Å². The van der Waals surface area contributed by atoms with E-state index in [0.29, 0.717) is 5.41 Å². The third-order valence-electron chi connectivity index (χ3n) is 2.72. The van der Waals surface area contributed by atoms with E-state index >= 15 is 0 Å². The molecule has 0 saturated carbocycles. The summed E-state index contributed by atoms with van der Waals surface area (Å²) in [7, 11) is 0. The third kappa shape index (κ3) is 2.06. The van der Waals surface area contributed by atoms with Crippen molar-refractivity contribution in [2.24, 2.45) is 5.41 Å². The van der Waals surface area contributed by atoms with Gasteiger partial charge >= 0.3 is 0 Å². The lowest BCUT2D eigenvalue weighted by Gasteiger charge is -2.34. The fourth-order valence-corrected chi connectivity index (χ4v) is 2.00. The number of aromatic nitrogens is 3. The van der Waals surface area contributed by atoms with Crippen molar-refractivity contribution < 1.29 is 0 Å². The van der Waals surface area contributed by atoms with Crippen LogP contribution < -0.4 is 5.32 Å². The van der Waals surface area contributed by atoms with E-state index in [0.717, 1.165) is 19.6 Å². The average Bonchev–Trinajstić information content (AvgIpc) is 2.57. The van der Waals surface area contributed by atoms with Gasteiger partial charge in [-0.05, 0) is 24.8 Å². The Kier molecular flexibility index (Phi) is 2.31. The summed E-state index contributed by atoms with van der Waals surface area (Å²) >= 11 is 0. The summed E-state index contributed by atoms with van der Waals surface area (Å²) in [6, 6.07) is 0. The molecule has 4 nitrogen and oxygen atoms in total. The van der Waals surface area contributed by atoms with Crippen LogP contribution in [0, 0.1) is 5.41 Å². The molecule has 4 heteroatoms. The lowest BCUT2D eigenvalue weighted by Crippen LogP contribution is -2.40. The Morgan fingerprint density at radius 3 is 2.85 bits per heavy atom. The van der Waals surface area contributed by atoms with Crippen LogP contribution in [0.25, 0.3) is 0 Å². The molecule has 0 radical (unpaired) electrons. The maximum atomic E-state index is 3.81. The van der Waals surface area contributed by atoms with Crippen molar-refractivity contribution in [2.45, 2.75) is 26.3 Å². The first-order valence-electron chi connectivity index (χ1n) is 4.82. The van der Waals surface area contributed by atoms with Gasteiger partial charge in [0.1, 0.15) is 12.7 Å². The Balaban J connectivity index is 1.99. The first kappa shape index (κ1) is 8.69. The summed E-state index contributed by atoms with van der Waals surface area (Å²) in [6.07, 6.45) is 6.15. The predicted molar refractivity (Wildman–Crippen MR) is 50.2 cm³/mol. The smallest absolute Gasteiger partial charge is 0.119 e. The monoisotopic (exact) mass is 180 g/mol. The van der Waals surface area contributed by atoms with Gasteiger partial charge in [-0.25, -0.2) is 0 Å².